The molecular formula is C20H21N5O. The van der Waals surface area contributed by atoms with Crippen LogP contribution in [0.2, 0.25) is 0 Å². The molecule has 3 unspecified atom stereocenters. The van der Waals surface area contributed by atoms with Gasteiger partial charge in [-0.3, -0.25) is 4.79 Å². The number of nitrogens with one attached hydrogen (secondary N) is 2. The molecular weight excluding hydrogens is 326 g/mol. The molecule has 4 rings (SSSR count). The minimum Gasteiger partial charge on any atom is -0.347 e. The van der Waals surface area contributed by atoms with Crippen molar-refractivity contribution < 1.29 is 4.79 Å². The predicted octanol–water partition coefficient (Wildman–Crippen LogP) is 2.95. The topological polar surface area (TPSA) is 81.0 Å². The number of aromatic nitrogens is 1. The van der Waals surface area contributed by atoms with Crippen molar-refractivity contribution in [2.75, 3.05) is 5.32 Å². The van der Waals surface area contributed by atoms with Gasteiger partial charge in [0, 0.05) is 17.9 Å². The molecule has 1 aromatic heterocycles. The number of carbonyl (C=O) groups is 1. The van der Waals surface area contributed by atoms with Crippen molar-refractivity contribution in [3.8, 4) is 6.19 Å². The SMILES string of the molecule is Cc1cccc(Nc2ccc(C(=O)NC3CC4CCC3N4C#N)cn2)c1. The third-order valence-corrected chi connectivity index (χ3v) is 5.28. The minimum absolute atomic E-state index is 0.0472. The molecule has 2 saturated heterocycles. The van der Waals surface area contributed by atoms with E-state index < -0.39 is 0 Å². The number of carbonyl (C=O) groups excluding carboxylic acids is 1. The Morgan fingerprint density at radius 3 is 2.88 bits per heavy atom. The van der Waals surface area contributed by atoms with Crippen LogP contribution in [0.15, 0.2) is 42.6 Å². The molecule has 0 spiro atoms. The van der Waals surface area contributed by atoms with Crippen molar-refractivity contribution in [2.45, 2.75) is 44.3 Å². The van der Waals surface area contributed by atoms with Crippen molar-refractivity contribution in [3.63, 3.8) is 0 Å². The highest BCUT2D eigenvalue weighted by Crippen LogP contribution is 2.37. The van der Waals surface area contributed by atoms with Crippen LogP contribution < -0.4 is 10.6 Å². The van der Waals surface area contributed by atoms with Gasteiger partial charge in [0.2, 0.25) is 0 Å². The molecule has 2 aliphatic rings. The summed E-state index contributed by atoms with van der Waals surface area (Å²) in [5.41, 5.74) is 2.67. The Hall–Kier alpha value is -3.07. The highest BCUT2D eigenvalue weighted by molar-refractivity contribution is 5.94. The van der Waals surface area contributed by atoms with Crippen LogP contribution in [-0.4, -0.2) is 33.9 Å². The molecule has 1 amide bonds. The summed E-state index contributed by atoms with van der Waals surface area (Å²) < 4.78 is 0. The summed E-state index contributed by atoms with van der Waals surface area (Å²) in [6.45, 7) is 2.04. The maximum atomic E-state index is 12.5. The van der Waals surface area contributed by atoms with E-state index in [4.69, 9.17) is 0 Å². The number of aryl methyl sites for hydroxylation is 1. The van der Waals surface area contributed by atoms with Gasteiger partial charge in [-0.15, -0.1) is 0 Å². The summed E-state index contributed by atoms with van der Waals surface area (Å²) in [6.07, 6.45) is 6.72. The Kier molecular flexibility index (Phi) is 4.21. The van der Waals surface area contributed by atoms with E-state index in [2.05, 4.69) is 21.8 Å². The number of anilines is 2. The molecule has 26 heavy (non-hydrogen) atoms. The second-order valence-corrected chi connectivity index (χ2v) is 7.05. The van der Waals surface area contributed by atoms with E-state index in [1.807, 2.05) is 36.1 Å². The quantitative estimate of drug-likeness (QED) is 0.831. The van der Waals surface area contributed by atoms with E-state index in [1.54, 1.807) is 18.3 Å². The molecule has 0 radical (unpaired) electrons. The van der Waals surface area contributed by atoms with Crippen LogP contribution in [0.3, 0.4) is 0 Å². The Morgan fingerprint density at radius 1 is 1.31 bits per heavy atom. The van der Waals surface area contributed by atoms with Gasteiger partial charge in [-0.25, -0.2) is 4.98 Å². The monoisotopic (exact) mass is 347 g/mol. The van der Waals surface area contributed by atoms with Gasteiger partial charge >= 0.3 is 0 Å². The molecule has 2 bridgehead atoms. The van der Waals surface area contributed by atoms with E-state index in [9.17, 15) is 10.1 Å². The molecule has 6 heteroatoms. The minimum atomic E-state index is -0.130. The lowest BCUT2D eigenvalue weighted by Gasteiger charge is -2.21. The number of nitriles is 1. The average Bonchev–Trinajstić information content (AvgIpc) is 3.19. The lowest BCUT2D eigenvalue weighted by molar-refractivity contribution is 0.0928. The molecule has 6 nitrogen and oxygen atoms in total. The number of hydrogen-bond acceptors (Lipinski definition) is 5. The highest BCUT2D eigenvalue weighted by Gasteiger charge is 2.46. The number of rotatable bonds is 4. The number of benzene rings is 1. The van der Waals surface area contributed by atoms with Gasteiger partial charge in [0.25, 0.3) is 5.91 Å². The third-order valence-electron chi connectivity index (χ3n) is 5.28. The maximum Gasteiger partial charge on any atom is 0.253 e. The van der Waals surface area contributed by atoms with Crippen molar-refractivity contribution in [3.05, 3.63) is 53.7 Å². The van der Waals surface area contributed by atoms with Crippen molar-refractivity contribution in [2.24, 2.45) is 0 Å². The second kappa shape index (κ2) is 6.68. The van der Waals surface area contributed by atoms with Crippen LogP contribution in [0, 0.1) is 18.4 Å². The van der Waals surface area contributed by atoms with E-state index >= 15 is 0 Å². The molecule has 2 aliphatic heterocycles. The lowest BCUT2D eigenvalue weighted by atomic mass is 9.95. The molecule has 2 N–H and O–H groups in total. The van der Waals surface area contributed by atoms with Crippen LogP contribution in [0.4, 0.5) is 11.5 Å². The van der Waals surface area contributed by atoms with E-state index in [1.165, 1.54) is 5.56 Å². The molecule has 3 heterocycles. The fourth-order valence-corrected chi connectivity index (χ4v) is 4.02. The standard InChI is InChI=1S/C20H21N5O/c1-13-3-2-4-15(9-13)23-19-8-5-14(11-22-19)20(26)24-17-10-16-6-7-18(17)25(16)12-21/h2-5,8-9,11,16-18H,6-7,10H2,1H3,(H,22,23)(H,24,26). The van der Waals surface area contributed by atoms with Crippen molar-refractivity contribution >= 4 is 17.4 Å². The van der Waals surface area contributed by atoms with Crippen LogP contribution in [-0.2, 0) is 0 Å². The Labute approximate surface area is 152 Å². The molecule has 0 aliphatic carbocycles. The fourth-order valence-electron chi connectivity index (χ4n) is 4.02. The summed E-state index contributed by atoms with van der Waals surface area (Å²) in [4.78, 5) is 18.7. The summed E-state index contributed by atoms with van der Waals surface area (Å²) in [6, 6.07) is 12.1. The molecule has 1 aromatic carbocycles. The zero-order chi connectivity index (χ0) is 18.1. The van der Waals surface area contributed by atoms with E-state index in [0.717, 1.165) is 24.9 Å². The van der Waals surface area contributed by atoms with Crippen LogP contribution >= 0.6 is 0 Å². The summed E-state index contributed by atoms with van der Waals surface area (Å²) in [5, 5.41) is 15.5. The van der Waals surface area contributed by atoms with Gasteiger partial charge < -0.3 is 15.5 Å². The Bertz CT molecular complexity index is 857. The summed E-state index contributed by atoms with van der Waals surface area (Å²) >= 11 is 0. The largest absolute Gasteiger partial charge is 0.347 e. The zero-order valence-electron chi connectivity index (χ0n) is 14.6. The van der Waals surface area contributed by atoms with E-state index in [-0.39, 0.29) is 24.0 Å². The summed E-state index contributed by atoms with van der Waals surface area (Å²) in [5.74, 6) is 0.567. The predicted molar refractivity (Wildman–Crippen MR) is 98.8 cm³/mol. The lowest BCUT2D eigenvalue weighted by Crippen LogP contribution is -2.43. The molecule has 2 aromatic rings. The smallest absolute Gasteiger partial charge is 0.253 e. The van der Waals surface area contributed by atoms with Gasteiger partial charge in [0.1, 0.15) is 5.82 Å². The first kappa shape index (κ1) is 16.4. The van der Waals surface area contributed by atoms with Gasteiger partial charge in [0.05, 0.1) is 17.6 Å². The first-order chi connectivity index (χ1) is 12.6. The molecule has 2 fully saturated rings. The Balaban J connectivity index is 1.39. The number of nitrogens with zero attached hydrogens (tertiary/aromatic N) is 3. The van der Waals surface area contributed by atoms with Gasteiger partial charge in [0.15, 0.2) is 6.19 Å². The van der Waals surface area contributed by atoms with Crippen LogP contribution in [0.1, 0.15) is 35.2 Å². The average molecular weight is 347 g/mol. The normalized spacial score (nSPS) is 23.5. The third kappa shape index (κ3) is 3.08. The van der Waals surface area contributed by atoms with Gasteiger partial charge in [-0.1, -0.05) is 12.1 Å². The Morgan fingerprint density at radius 2 is 2.19 bits per heavy atom. The molecule has 132 valence electrons. The number of pyridine rings is 1. The number of amides is 1. The van der Waals surface area contributed by atoms with Crippen molar-refractivity contribution in [1.29, 1.82) is 5.26 Å². The fraction of sp³-hybridized carbons (Fsp3) is 0.350. The van der Waals surface area contributed by atoms with Crippen LogP contribution in [0.5, 0.6) is 0 Å². The first-order valence-corrected chi connectivity index (χ1v) is 8.93. The van der Waals surface area contributed by atoms with Crippen molar-refractivity contribution in [1.82, 2.24) is 15.2 Å². The van der Waals surface area contributed by atoms with Gasteiger partial charge in [-0.2, -0.15) is 5.26 Å². The highest BCUT2D eigenvalue weighted by atomic mass is 16.1. The summed E-state index contributed by atoms with van der Waals surface area (Å²) in [7, 11) is 0. The zero-order valence-corrected chi connectivity index (χ0v) is 14.6. The maximum absolute atomic E-state index is 12.5. The van der Waals surface area contributed by atoms with Crippen LogP contribution in [0.25, 0.3) is 0 Å². The molecule has 3 atom stereocenters. The second-order valence-electron chi connectivity index (χ2n) is 7.05. The number of fused-ring (bicyclic) bond motifs is 2. The first-order valence-electron chi connectivity index (χ1n) is 8.93. The number of hydrogen-bond donors (Lipinski definition) is 2. The molecule has 0 saturated carbocycles. The van der Waals surface area contributed by atoms with E-state index in [0.29, 0.717) is 11.4 Å². The van der Waals surface area contributed by atoms with Gasteiger partial charge in [-0.05, 0) is 56.0 Å².